The number of rotatable bonds is 2. The van der Waals surface area contributed by atoms with Crippen LogP contribution in [0.4, 0.5) is 5.69 Å². The molecule has 0 aliphatic heterocycles. The lowest BCUT2D eigenvalue weighted by molar-refractivity contribution is 0.863. The summed E-state index contributed by atoms with van der Waals surface area (Å²) in [6.45, 7) is 8.50. The van der Waals surface area contributed by atoms with Crippen molar-refractivity contribution in [2.24, 2.45) is 4.99 Å². The molecule has 0 amide bonds. The SMILES string of the molecule is Cc1cc(C(C)C)cc(C)c1N=C=S. The van der Waals surface area contributed by atoms with E-state index in [1.54, 1.807) is 0 Å². The molecule has 0 radical (unpaired) electrons. The second-order valence-electron chi connectivity index (χ2n) is 3.86. The maximum absolute atomic E-state index is 4.62. The predicted molar refractivity (Wildman–Crippen MR) is 64.7 cm³/mol. The van der Waals surface area contributed by atoms with E-state index in [0.717, 1.165) is 5.69 Å². The Morgan fingerprint density at radius 1 is 1.21 bits per heavy atom. The predicted octanol–water partition coefficient (Wildman–Crippen LogP) is 4.16. The molecule has 0 saturated carbocycles. The Bertz CT molecular complexity index is 364. The molecule has 0 aliphatic rings. The van der Waals surface area contributed by atoms with Gasteiger partial charge in [0.2, 0.25) is 0 Å². The van der Waals surface area contributed by atoms with Gasteiger partial charge in [-0.25, -0.2) is 0 Å². The van der Waals surface area contributed by atoms with Crippen LogP contribution < -0.4 is 0 Å². The molecule has 14 heavy (non-hydrogen) atoms. The highest BCUT2D eigenvalue weighted by Crippen LogP contribution is 2.27. The topological polar surface area (TPSA) is 12.4 Å². The minimum Gasteiger partial charge on any atom is -0.194 e. The van der Waals surface area contributed by atoms with Crippen molar-refractivity contribution < 1.29 is 0 Å². The van der Waals surface area contributed by atoms with Gasteiger partial charge in [0, 0.05) is 0 Å². The van der Waals surface area contributed by atoms with Gasteiger partial charge in [-0.1, -0.05) is 26.0 Å². The molecule has 0 atom stereocenters. The maximum atomic E-state index is 4.62. The van der Waals surface area contributed by atoms with Crippen LogP contribution in [0.5, 0.6) is 0 Å². The summed E-state index contributed by atoms with van der Waals surface area (Å²) in [4.78, 5) is 4.07. The minimum atomic E-state index is 0.554. The zero-order chi connectivity index (χ0) is 10.7. The van der Waals surface area contributed by atoms with Crippen LogP contribution in [-0.4, -0.2) is 5.16 Å². The third-order valence-electron chi connectivity index (χ3n) is 2.34. The average Bonchev–Trinajstić information content (AvgIpc) is 2.10. The quantitative estimate of drug-likeness (QED) is 0.521. The molecule has 1 aromatic carbocycles. The maximum Gasteiger partial charge on any atom is 0.0798 e. The number of aryl methyl sites for hydroxylation is 2. The first-order valence-corrected chi connectivity index (χ1v) is 5.16. The standard InChI is InChI=1S/C12H15NS/c1-8(2)11-5-9(3)12(13-7-14)10(4)6-11/h5-6,8H,1-4H3. The molecular formula is C12H15NS. The molecular weight excluding hydrogens is 190 g/mol. The summed E-state index contributed by atoms with van der Waals surface area (Å²) >= 11 is 4.62. The fourth-order valence-corrected chi connectivity index (χ4v) is 1.64. The zero-order valence-electron chi connectivity index (χ0n) is 9.09. The molecule has 0 saturated heterocycles. The van der Waals surface area contributed by atoms with Gasteiger partial charge in [0.1, 0.15) is 0 Å². The second kappa shape index (κ2) is 4.50. The Labute approximate surface area is 90.9 Å². The first-order valence-electron chi connectivity index (χ1n) is 4.75. The lowest BCUT2D eigenvalue weighted by atomic mass is 9.97. The largest absolute Gasteiger partial charge is 0.194 e. The monoisotopic (exact) mass is 205 g/mol. The Hall–Kier alpha value is -0.980. The van der Waals surface area contributed by atoms with Gasteiger partial charge in [0.15, 0.2) is 0 Å². The number of benzene rings is 1. The van der Waals surface area contributed by atoms with Gasteiger partial charge in [-0.15, -0.1) is 0 Å². The van der Waals surface area contributed by atoms with Crippen LogP contribution in [-0.2, 0) is 0 Å². The minimum absolute atomic E-state index is 0.554. The number of isothiocyanates is 1. The van der Waals surface area contributed by atoms with E-state index in [9.17, 15) is 0 Å². The second-order valence-corrected chi connectivity index (χ2v) is 4.04. The molecule has 0 aromatic heterocycles. The van der Waals surface area contributed by atoms with Crippen LogP contribution in [0.3, 0.4) is 0 Å². The fraction of sp³-hybridized carbons (Fsp3) is 0.417. The highest BCUT2D eigenvalue weighted by Gasteiger charge is 2.06. The van der Waals surface area contributed by atoms with E-state index < -0.39 is 0 Å². The Balaban J connectivity index is 3.31. The van der Waals surface area contributed by atoms with E-state index >= 15 is 0 Å². The van der Waals surface area contributed by atoms with Crippen molar-refractivity contribution in [3.8, 4) is 0 Å². The Kier molecular flexibility index (Phi) is 3.56. The third-order valence-corrected chi connectivity index (χ3v) is 2.43. The zero-order valence-corrected chi connectivity index (χ0v) is 9.90. The molecule has 1 rings (SSSR count). The number of hydrogen-bond acceptors (Lipinski definition) is 2. The molecule has 1 nitrogen and oxygen atoms in total. The van der Waals surface area contributed by atoms with E-state index in [1.165, 1.54) is 16.7 Å². The van der Waals surface area contributed by atoms with E-state index in [4.69, 9.17) is 0 Å². The summed E-state index contributed by atoms with van der Waals surface area (Å²) < 4.78 is 0. The normalized spacial score (nSPS) is 10.1. The molecule has 1 aromatic rings. The summed E-state index contributed by atoms with van der Waals surface area (Å²) in [5, 5.41) is 2.42. The molecule has 0 unspecified atom stereocenters. The first kappa shape index (κ1) is 11.1. The van der Waals surface area contributed by atoms with Crippen molar-refractivity contribution in [2.75, 3.05) is 0 Å². The number of thiocarbonyl (C=S) groups is 1. The Morgan fingerprint density at radius 3 is 2.07 bits per heavy atom. The van der Waals surface area contributed by atoms with Crippen molar-refractivity contribution in [1.82, 2.24) is 0 Å². The highest BCUT2D eigenvalue weighted by atomic mass is 32.1. The van der Waals surface area contributed by atoms with E-state index in [-0.39, 0.29) is 0 Å². The average molecular weight is 205 g/mol. The van der Waals surface area contributed by atoms with Crippen molar-refractivity contribution in [3.63, 3.8) is 0 Å². The molecule has 0 heterocycles. The summed E-state index contributed by atoms with van der Waals surface area (Å²) in [5.41, 5.74) is 4.66. The van der Waals surface area contributed by atoms with Crippen LogP contribution in [0, 0.1) is 13.8 Å². The van der Waals surface area contributed by atoms with Crippen molar-refractivity contribution >= 4 is 23.1 Å². The van der Waals surface area contributed by atoms with E-state index in [0.29, 0.717) is 5.92 Å². The summed E-state index contributed by atoms with van der Waals surface area (Å²) in [6, 6.07) is 4.34. The first-order chi connectivity index (χ1) is 6.56. The van der Waals surface area contributed by atoms with E-state index in [2.05, 4.69) is 62.2 Å². The Morgan fingerprint density at radius 2 is 1.71 bits per heavy atom. The molecule has 0 aliphatic carbocycles. The van der Waals surface area contributed by atoms with E-state index in [1.807, 2.05) is 0 Å². The summed E-state index contributed by atoms with van der Waals surface area (Å²) in [6.07, 6.45) is 0. The fourth-order valence-electron chi connectivity index (χ4n) is 1.54. The van der Waals surface area contributed by atoms with Gasteiger partial charge in [0.25, 0.3) is 0 Å². The van der Waals surface area contributed by atoms with Crippen molar-refractivity contribution in [1.29, 1.82) is 0 Å². The van der Waals surface area contributed by atoms with Gasteiger partial charge in [-0.05, 0) is 48.7 Å². The van der Waals surface area contributed by atoms with Crippen molar-refractivity contribution in [3.05, 3.63) is 28.8 Å². The molecule has 2 heteroatoms. The van der Waals surface area contributed by atoms with Crippen LogP contribution in [0.15, 0.2) is 17.1 Å². The van der Waals surface area contributed by atoms with Gasteiger partial charge in [0.05, 0.1) is 10.8 Å². The molecule has 74 valence electrons. The number of nitrogens with zero attached hydrogens (tertiary/aromatic N) is 1. The number of aliphatic imine (C=N–C) groups is 1. The van der Waals surface area contributed by atoms with Crippen LogP contribution in [0.2, 0.25) is 0 Å². The summed E-state index contributed by atoms with van der Waals surface area (Å²) in [7, 11) is 0. The summed E-state index contributed by atoms with van der Waals surface area (Å²) in [5.74, 6) is 0.554. The molecule has 0 bridgehead atoms. The smallest absolute Gasteiger partial charge is 0.0798 e. The van der Waals surface area contributed by atoms with Crippen LogP contribution in [0.1, 0.15) is 36.5 Å². The van der Waals surface area contributed by atoms with Crippen LogP contribution in [0.25, 0.3) is 0 Å². The highest BCUT2D eigenvalue weighted by molar-refractivity contribution is 7.78. The molecule has 0 spiro atoms. The third kappa shape index (κ3) is 2.28. The lowest BCUT2D eigenvalue weighted by Gasteiger charge is -2.10. The molecule has 0 N–H and O–H groups in total. The number of hydrogen-bond donors (Lipinski definition) is 0. The van der Waals surface area contributed by atoms with Gasteiger partial charge < -0.3 is 0 Å². The lowest BCUT2D eigenvalue weighted by Crippen LogP contribution is -1.90. The van der Waals surface area contributed by atoms with Gasteiger partial charge >= 0.3 is 0 Å². The van der Waals surface area contributed by atoms with Gasteiger partial charge in [-0.3, -0.25) is 0 Å². The van der Waals surface area contributed by atoms with Crippen molar-refractivity contribution in [2.45, 2.75) is 33.6 Å². The molecule has 0 fully saturated rings. The van der Waals surface area contributed by atoms with Crippen LogP contribution >= 0.6 is 12.2 Å². The van der Waals surface area contributed by atoms with Gasteiger partial charge in [-0.2, -0.15) is 4.99 Å².